The van der Waals surface area contributed by atoms with Gasteiger partial charge in [-0.15, -0.1) is 0 Å². The van der Waals surface area contributed by atoms with Gasteiger partial charge in [0.25, 0.3) is 0 Å². The molecule has 5 aromatic carbocycles. The number of carbonyl (C=O) groups is 1. The van der Waals surface area contributed by atoms with Gasteiger partial charge >= 0.3 is 0 Å². The zero-order valence-electron chi connectivity index (χ0n) is 23.1. The van der Waals surface area contributed by atoms with Crippen LogP contribution >= 0.6 is 31.8 Å². The Balaban J connectivity index is 0.00000405. The summed E-state index contributed by atoms with van der Waals surface area (Å²) in [6, 6.07) is 38.2. The van der Waals surface area contributed by atoms with Gasteiger partial charge in [-0.25, -0.2) is 0 Å². The molecule has 0 heterocycles. The van der Waals surface area contributed by atoms with E-state index in [4.69, 9.17) is 37.4 Å². The van der Waals surface area contributed by atoms with Gasteiger partial charge in [-0.3, -0.25) is 4.79 Å². The Bertz CT molecular complexity index is 1520. The molecule has 0 saturated heterocycles. The molecule has 4 nitrogen and oxygen atoms in total. The van der Waals surface area contributed by atoms with Crippen LogP contribution in [0.1, 0.15) is 27.0 Å². The Morgan fingerprint density at radius 1 is 0.571 bits per heavy atom. The number of hydrogen-bond donors (Lipinski definition) is 0. The molecule has 5 rings (SSSR count). The van der Waals surface area contributed by atoms with Gasteiger partial charge in [0.05, 0.1) is 20.9 Å². The quantitative estimate of drug-likeness (QED) is 0.105. The van der Waals surface area contributed by atoms with Crippen molar-refractivity contribution >= 4 is 61.5 Å². The van der Waals surface area contributed by atoms with E-state index in [0.717, 1.165) is 16.7 Å². The van der Waals surface area contributed by atoms with Gasteiger partial charge in [0.1, 0.15) is 37.1 Å². The normalized spacial score (nSPS) is 10.7. The van der Waals surface area contributed by atoms with Crippen molar-refractivity contribution in [3.63, 3.8) is 0 Å². The number of ether oxygens (including phenoxy) is 3. The fraction of sp³-hybridized carbons (Fsp3) is 0.0882. The maximum Gasteiger partial charge on any atom is 0.188 e. The van der Waals surface area contributed by atoms with Crippen molar-refractivity contribution in [1.82, 2.24) is 0 Å². The Hall–Kier alpha value is -3.22. The second-order valence-corrected chi connectivity index (χ2v) is 11.2. The van der Waals surface area contributed by atoms with Crippen LogP contribution in [0.3, 0.4) is 0 Å². The van der Waals surface area contributed by atoms with Crippen molar-refractivity contribution in [2.45, 2.75) is 19.8 Å². The molecule has 1 radical (unpaired) electrons. The van der Waals surface area contributed by atoms with Crippen molar-refractivity contribution in [3.05, 3.63) is 154 Å². The minimum absolute atomic E-state index is 0. The second kappa shape index (κ2) is 15.9. The van der Waals surface area contributed by atoms with E-state index in [2.05, 4.69) is 0 Å². The van der Waals surface area contributed by atoms with E-state index < -0.39 is 0 Å². The minimum atomic E-state index is -0.361. The van der Waals surface area contributed by atoms with Gasteiger partial charge in [0, 0.05) is 31.0 Å². The first-order valence-electron chi connectivity index (χ1n) is 13.0. The Morgan fingerprint density at radius 3 is 1.40 bits per heavy atom. The van der Waals surface area contributed by atoms with E-state index in [-0.39, 0.29) is 38.5 Å². The van der Waals surface area contributed by atoms with Gasteiger partial charge in [0.15, 0.2) is 5.52 Å². The van der Waals surface area contributed by atoms with E-state index in [1.54, 1.807) is 18.2 Å². The first kappa shape index (κ1) is 31.7. The number of halogens is 2. The standard InChI is InChI=1S/C34H27Cl2O4P.Li/c35-28-17-10-18-29(36)32(28)34(37)41-33-30(39-22-25-13-6-2-7-14-25)19-27(38-21-24-11-4-1-5-12-24)20-31(33)40-23-26-15-8-3-9-16-26;/h1-20,41H,21-23H2;. The van der Waals surface area contributed by atoms with Crippen LogP contribution in [-0.4, -0.2) is 24.4 Å². The summed E-state index contributed by atoms with van der Waals surface area (Å²) in [6.45, 7) is 0.978. The predicted octanol–water partition coefficient (Wildman–Crippen LogP) is 8.49. The van der Waals surface area contributed by atoms with Crippen LogP contribution in [0, 0.1) is 0 Å². The van der Waals surface area contributed by atoms with Gasteiger partial charge in [-0.05, 0) is 37.4 Å². The first-order chi connectivity index (χ1) is 20.1. The van der Waals surface area contributed by atoms with Gasteiger partial charge in [-0.2, -0.15) is 0 Å². The van der Waals surface area contributed by atoms with Crippen LogP contribution in [0.5, 0.6) is 17.2 Å². The zero-order chi connectivity index (χ0) is 28.4. The van der Waals surface area contributed by atoms with E-state index in [0.29, 0.717) is 52.4 Å². The third kappa shape index (κ3) is 8.65. The average molecular weight is 608 g/mol. The Labute approximate surface area is 269 Å². The monoisotopic (exact) mass is 607 g/mol. The van der Waals surface area contributed by atoms with E-state index in [1.807, 2.05) is 103 Å². The van der Waals surface area contributed by atoms with E-state index >= 15 is 0 Å². The zero-order valence-corrected chi connectivity index (χ0v) is 25.6. The fourth-order valence-electron chi connectivity index (χ4n) is 4.10. The topological polar surface area (TPSA) is 44.8 Å². The molecule has 1 unspecified atom stereocenters. The van der Waals surface area contributed by atoms with Crippen LogP contribution < -0.4 is 19.5 Å². The van der Waals surface area contributed by atoms with Crippen molar-refractivity contribution in [2.75, 3.05) is 0 Å². The molecule has 0 aliphatic rings. The molecule has 0 fully saturated rings. The maximum absolute atomic E-state index is 13.6. The molecule has 0 aliphatic carbocycles. The van der Waals surface area contributed by atoms with Crippen molar-refractivity contribution in [2.24, 2.45) is 0 Å². The smallest absolute Gasteiger partial charge is 0.188 e. The third-order valence-electron chi connectivity index (χ3n) is 6.19. The Kier molecular flexibility index (Phi) is 12.0. The summed E-state index contributed by atoms with van der Waals surface area (Å²) in [7, 11) is -0.361. The SMILES string of the molecule is O=C(Pc1c(OCc2ccccc2)cc(OCc2ccccc2)cc1OCc1ccccc1)c1c(Cl)cccc1Cl.[Li]. The largest absolute Gasteiger partial charge is 0.489 e. The summed E-state index contributed by atoms with van der Waals surface area (Å²) in [5, 5.41) is 1.22. The molecule has 1 atom stereocenters. The van der Waals surface area contributed by atoms with Crippen LogP contribution in [0.15, 0.2) is 121 Å². The summed E-state index contributed by atoms with van der Waals surface area (Å²) < 4.78 is 18.8. The molecule has 0 aliphatic heterocycles. The minimum Gasteiger partial charge on any atom is -0.489 e. The van der Waals surface area contributed by atoms with Crippen molar-refractivity contribution in [3.8, 4) is 17.2 Å². The Morgan fingerprint density at radius 2 is 0.976 bits per heavy atom. The molecule has 0 N–H and O–H groups in total. The predicted molar refractivity (Wildman–Crippen MR) is 173 cm³/mol. The summed E-state index contributed by atoms with van der Waals surface area (Å²) in [5.74, 6) is 1.56. The molecule has 0 saturated carbocycles. The second-order valence-electron chi connectivity index (χ2n) is 9.17. The molecular weight excluding hydrogens is 581 g/mol. The van der Waals surface area contributed by atoms with Gasteiger partial charge in [0.2, 0.25) is 0 Å². The number of hydrogen-bond acceptors (Lipinski definition) is 4. The number of benzene rings is 5. The number of carbonyl (C=O) groups excluding carboxylic acids is 1. The third-order valence-corrected chi connectivity index (χ3v) is 8.04. The fourth-order valence-corrected chi connectivity index (χ4v) is 5.99. The molecule has 0 aromatic heterocycles. The van der Waals surface area contributed by atoms with Crippen LogP contribution in [0.25, 0.3) is 0 Å². The maximum atomic E-state index is 13.6. The molecular formula is C34H27Cl2LiO4P. The molecule has 5 aromatic rings. The summed E-state index contributed by atoms with van der Waals surface area (Å²) >= 11 is 12.8. The van der Waals surface area contributed by atoms with Crippen LogP contribution in [-0.2, 0) is 19.8 Å². The molecule has 207 valence electrons. The average Bonchev–Trinajstić information content (AvgIpc) is 3.00. The van der Waals surface area contributed by atoms with Crippen molar-refractivity contribution in [1.29, 1.82) is 0 Å². The van der Waals surface area contributed by atoms with E-state index in [1.165, 1.54) is 0 Å². The molecule has 0 bridgehead atoms. The van der Waals surface area contributed by atoms with Crippen LogP contribution in [0.4, 0.5) is 0 Å². The van der Waals surface area contributed by atoms with E-state index in [9.17, 15) is 4.79 Å². The molecule has 8 heteroatoms. The summed E-state index contributed by atoms with van der Waals surface area (Å²) in [6.07, 6.45) is 0. The van der Waals surface area contributed by atoms with Crippen molar-refractivity contribution < 1.29 is 19.0 Å². The summed E-state index contributed by atoms with van der Waals surface area (Å²) in [5.41, 5.74) is 3.07. The molecule has 0 spiro atoms. The van der Waals surface area contributed by atoms with Crippen LogP contribution in [0.2, 0.25) is 10.0 Å². The van der Waals surface area contributed by atoms with Gasteiger partial charge in [-0.1, -0.05) is 120 Å². The first-order valence-corrected chi connectivity index (χ1v) is 14.8. The molecule has 42 heavy (non-hydrogen) atoms. The number of rotatable bonds is 12. The summed E-state index contributed by atoms with van der Waals surface area (Å²) in [4.78, 5) is 13.6. The molecule has 0 amide bonds. The van der Waals surface area contributed by atoms with Gasteiger partial charge < -0.3 is 14.2 Å².